The van der Waals surface area contributed by atoms with Gasteiger partial charge in [-0.1, -0.05) is 0 Å². The third-order valence-electron chi connectivity index (χ3n) is 2.32. The van der Waals surface area contributed by atoms with Crippen LogP contribution in [-0.4, -0.2) is 40.9 Å². The van der Waals surface area contributed by atoms with E-state index in [1.165, 1.54) is 13.8 Å². The lowest BCUT2D eigenvalue weighted by atomic mass is 9.96. The minimum absolute atomic E-state index is 0.419. The number of amides is 1. The second-order valence-electron chi connectivity index (χ2n) is 4.07. The molecule has 1 aliphatic heterocycles. The maximum absolute atomic E-state index is 12.0. The number of nitrogens with one attached hydrogen (secondary N) is 1. The lowest BCUT2D eigenvalue weighted by Crippen LogP contribution is -2.57. The van der Waals surface area contributed by atoms with Crippen LogP contribution in [-0.2, 0) is 14.3 Å². The highest BCUT2D eigenvalue weighted by molar-refractivity contribution is 5.93. The average molecular weight is 255 g/mol. The summed E-state index contributed by atoms with van der Waals surface area (Å²) >= 11 is 0. The summed E-state index contributed by atoms with van der Waals surface area (Å²) in [5, 5.41) is 11.1. The lowest BCUT2D eigenvalue weighted by Gasteiger charge is -2.37. The predicted octanol–water partition coefficient (Wildman–Crippen LogP) is 0.120. The summed E-state index contributed by atoms with van der Waals surface area (Å²) in [6, 6.07) is -1.40. The number of hydrogen-bond acceptors (Lipinski definition) is 4. The Morgan fingerprint density at radius 2 is 2.12 bits per heavy atom. The molecule has 1 saturated heterocycles. The molecule has 98 valence electrons. The van der Waals surface area contributed by atoms with Crippen LogP contribution in [0.4, 0.5) is 13.2 Å². The summed E-state index contributed by atoms with van der Waals surface area (Å²) in [6.07, 6.45) is -6.55. The van der Waals surface area contributed by atoms with Crippen LogP contribution in [0.25, 0.3) is 0 Å². The van der Waals surface area contributed by atoms with Gasteiger partial charge in [0.25, 0.3) is 0 Å². The van der Waals surface area contributed by atoms with Crippen LogP contribution in [0.1, 0.15) is 20.3 Å². The van der Waals surface area contributed by atoms with Gasteiger partial charge in [-0.05, 0) is 13.8 Å². The number of ketones is 1. The van der Waals surface area contributed by atoms with E-state index in [-0.39, 0.29) is 0 Å². The van der Waals surface area contributed by atoms with Crippen LogP contribution in [0.5, 0.6) is 0 Å². The van der Waals surface area contributed by atoms with Gasteiger partial charge in [-0.2, -0.15) is 13.2 Å². The molecule has 0 unspecified atom stereocenters. The predicted molar refractivity (Wildman–Crippen MR) is 48.8 cm³/mol. The van der Waals surface area contributed by atoms with Gasteiger partial charge in [0.15, 0.2) is 11.6 Å². The summed E-state index contributed by atoms with van der Waals surface area (Å²) in [7, 11) is 0. The van der Waals surface area contributed by atoms with Gasteiger partial charge in [-0.15, -0.1) is 0 Å². The minimum atomic E-state index is -5.06. The van der Waals surface area contributed by atoms with E-state index in [9.17, 15) is 27.9 Å². The molecule has 8 heteroatoms. The second-order valence-corrected chi connectivity index (χ2v) is 4.07. The van der Waals surface area contributed by atoms with Gasteiger partial charge >= 0.3 is 12.1 Å². The smallest absolute Gasteiger partial charge is 0.366 e. The van der Waals surface area contributed by atoms with Crippen LogP contribution in [0.3, 0.4) is 0 Å². The van der Waals surface area contributed by atoms with Gasteiger partial charge in [0.2, 0.25) is 0 Å². The standard InChI is InChI=1S/C9H12F3NO4/c1-4-6(14)5(3-8(2,16)17-4)13-7(15)9(10,11)12/h4-5,16H,3H2,1-2H3,(H,13,15)/t4-,5-,8+/m0/s1. The van der Waals surface area contributed by atoms with Crippen LogP contribution in [0.15, 0.2) is 0 Å². The molecule has 1 rings (SSSR count). The molecule has 0 spiro atoms. The van der Waals surface area contributed by atoms with E-state index >= 15 is 0 Å². The number of aliphatic hydroxyl groups is 1. The first kappa shape index (κ1) is 13.9. The van der Waals surface area contributed by atoms with Gasteiger partial charge in [-0.3, -0.25) is 9.59 Å². The number of rotatable bonds is 1. The van der Waals surface area contributed by atoms with E-state index in [1.54, 1.807) is 5.32 Å². The molecule has 1 heterocycles. The number of hydrogen-bond donors (Lipinski definition) is 2. The Kier molecular flexibility index (Phi) is 3.49. The molecule has 2 N–H and O–H groups in total. The van der Waals surface area contributed by atoms with Gasteiger partial charge in [-0.25, -0.2) is 0 Å². The fourth-order valence-electron chi connectivity index (χ4n) is 1.61. The molecule has 0 aromatic rings. The fourth-order valence-corrected chi connectivity index (χ4v) is 1.61. The van der Waals surface area contributed by atoms with E-state index in [1.807, 2.05) is 0 Å². The Labute approximate surface area is 94.9 Å². The molecule has 17 heavy (non-hydrogen) atoms. The summed E-state index contributed by atoms with van der Waals surface area (Å²) < 4.78 is 40.9. The zero-order valence-corrected chi connectivity index (χ0v) is 9.17. The van der Waals surface area contributed by atoms with Crippen LogP contribution in [0, 0.1) is 0 Å². The molecular formula is C9H12F3NO4. The first-order chi connectivity index (χ1) is 7.53. The van der Waals surface area contributed by atoms with E-state index in [0.29, 0.717) is 0 Å². The number of carbonyl (C=O) groups excluding carboxylic acids is 2. The van der Waals surface area contributed by atoms with Crippen molar-refractivity contribution in [3.8, 4) is 0 Å². The monoisotopic (exact) mass is 255 g/mol. The van der Waals surface area contributed by atoms with Crippen molar-refractivity contribution >= 4 is 11.7 Å². The molecule has 1 fully saturated rings. The van der Waals surface area contributed by atoms with Crippen molar-refractivity contribution in [3.63, 3.8) is 0 Å². The maximum Gasteiger partial charge on any atom is 0.471 e. The number of carbonyl (C=O) groups is 2. The number of halogens is 3. The Morgan fingerprint density at radius 1 is 1.59 bits per heavy atom. The first-order valence-electron chi connectivity index (χ1n) is 4.84. The molecule has 1 aliphatic rings. The molecule has 3 atom stereocenters. The molecule has 0 bridgehead atoms. The Balaban J connectivity index is 2.76. The largest absolute Gasteiger partial charge is 0.471 e. The molecule has 0 aromatic heterocycles. The lowest BCUT2D eigenvalue weighted by molar-refractivity contribution is -0.236. The highest BCUT2D eigenvalue weighted by Crippen LogP contribution is 2.25. The molecular weight excluding hydrogens is 243 g/mol. The molecule has 5 nitrogen and oxygen atoms in total. The number of alkyl halides is 3. The van der Waals surface area contributed by atoms with E-state index < -0.39 is 42.2 Å². The summed E-state index contributed by atoms with van der Waals surface area (Å²) in [5.41, 5.74) is 0. The summed E-state index contributed by atoms with van der Waals surface area (Å²) in [5.74, 6) is -4.65. The molecule has 1 amide bonds. The van der Waals surface area contributed by atoms with Crippen molar-refractivity contribution in [1.29, 1.82) is 0 Å². The fraction of sp³-hybridized carbons (Fsp3) is 0.778. The van der Waals surface area contributed by atoms with Crippen molar-refractivity contribution < 1.29 is 32.6 Å². The quantitative estimate of drug-likeness (QED) is 0.697. The summed E-state index contributed by atoms with van der Waals surface area (Å²) in [6.45, 7) is 2.51. The van der Waals surface area contributed by atoms with Crippen molar-refractivity contribution in [2.45, 2.75) is 44.4 Å². The third kappa shape index (κ3) is 3.40. The SMILES string of the molecule is C[C@@H]1O[C@@](C)(O)C[C@H](NC(=O)C(F)(F)F)C1=O. The van der Waals surface area contributed by atoms with Crippen molar-refractivity contribution in [2.24, 2.45) is 0 Å². The topological polar surface area (TPSA) is 75.6 Å². The third-order valence-corrected chi connectivity index (χ3v) is 2.32. The number of ether oxygens (including phenoxy) is 1. The average Bonchev–Trinajstić information content (AvgIpc) is 2.10. The zero-order valence-electron chi connectivity index (χ0n) is 9.17. The Bertz CT molecular complexity index is 340. The first-order valence-corrected chi connectivity index (χ1v) is 4.84. The molecule has 0 radical (unpaired) electrons. The Hall–Kier alpha value is -1.15. The Morgan fingerprint density at radius 3 is 2.59 bits per heavy atom. The van der Waals surface area contributed by atoms with Crippen LogP contribution < -0.4 is 5.32 Å². The summed E-state index contributed by atoms with van der Waals surface area (Å²) in [4.78, 5) is 22.1. The minimum Gasteiger partial charge on any atom is -0.366 e. The molecule has 0 aromatic carbocycles. The van der Waals surface area contributed by atoms with Gasteiger partial charge in [0, 0.05) is 6.42 Å². The molecule has 0 aliphatic carbocycles. The second kappa shape index (κ2) is 4.26. The normalized spacial score (nSPS) is 34.6. The van der Waals surface area contributed by atoms with Crippen LogP contribution >= 0.6 is 0 Å². The van der Waals surface area contributed by atoms with E-state index in [2.05, 4.69) is 0 Å². The van der Waals surface area contributed by atoms with E-state index in [4.69, 9.17) is 4.74 Å². The highest BCUT2D eigenvalue weighted by atomic mass is 19.4. The highest BCUT2D eigenvalue weighted by Gasteiger charge is 2.46. The van der Waals surface area contributed by atoms with Crippen molar-refractivity contribution in [1.82, 2.24) is 5.32 Å². The number of Topliss-reactive ketones (excluding diaryl/α,β-unsaturated/α-hetero) is 1. The van der Waals surface area contributed by atoms with Gasteiger partial charge in [0.05, 0.1) is 6.04 Å². The van der Waals surface area contributed by atoms with Crippen LogP contribution in [0.2, 0.25) is 0 Å². The van der Waals surface area contributed by atoms with Gasteiger partial charge in [0.1, 0.15) is 6.10 Å². The van der Waals surface area contributed by atoms with Crippen molar-refractivity contribution in [3.05, 3.63) is 0 Å². The van der Waals surface area contributed by atoms with E-state index in [0.717, 1.165) is 0 Å². The van der Waals surface area contributed by atoms with Gasteiger partial charge < -0.3 is 15.2 Å². The zero-order chi connectivity index (χ0) is 13.4. The molecule has 0 saturated carbocycles. The maximum atomic E-state index is 12.0. The van der Waals surface area contributed by atoms with Crippen molar-refractivity contribution in [2.75, 3.05) is 0 Å².